The first-order valence-corrected chi connectivity index (χ1v) is 7.15. The van der Waals surface area contributed by atoms with Crippen LogP contribution in [-0.4, -0.2) is 36.0 Å². The third-order valence-corrected chi connectivity index (χ3v) is 4.52. The molecule has 1 aliphatic rings. The number of aliphatic hydroxyl groups is 2. The molecule has 2 unspecified atom stereocenters. The van der Waals surface area contributed by atoms with Gasteiger partial charge in [-0.25, -0.2) is 0 Å². The van der Waals surface area contributed by atoms with Crippen molar-refractivity contribution < 1.29 is 10.2 Å². The van der Waals surface area contributed by atoms with E-state index in [-0.39, 0.29) is 18.1 Å². The second kappa shape index (κ2) is 7.34. The summed E-state index contributed by atoms with van der Waals surface area (Å²) in [6, 6.07) is 0. The fourth-order valence-electron chi connectivity index (χ4n) is 2.77. The molecule has 1 fully saturated rings. The van der Waals surface area contributed by atoms with E-state index in [9.17, 15) is 10.2 Å². The summed E-state index contributed by atoms with van der Waals surface area (Å²) in [7, 11) is 0. The Bertz CT molecular complexity index is 196. The van der Waals surface area contributed by atoms with E-state index in [0.717, 1.165) is 45.2 Å². The summed E-state index contributed by atoms with van der Waals surface area (Å²) in [5.74, 6) is 0.615. The Hall–Kier alpha value is -0.120. The predicted octanol–water partition coefficient (Wildman–Crippen LogP) is 1.93. The van der Waals surface area contributed by atoms with E-state index in [2.05, 4.69) is 19.2 Å². The lowest BCUT2D eigenvalue weighted by Gasteiger charge is -2.32. The van der Waals surface area contributed by atoms with E-state index >= 15 is 0 Å². The molecule has 3 heteroatoms. The number of nitrogens with one attached hydrogen (secondary N) is 1. The van der Waals surface area contributed by atoms with Gasteiger partial charge in [0, 0.05) is 18.6 Å². The molecule has 0 heterocycles. The number of hydrogen-bond acceptors (Lipinski definition) is 3. The molecule has 0 aromatic carbocycles. The van der Waals surface area contributed by atoms with Crippen LogP contribution in [0.25, 0.3) is 0 Å². The highest BCUT2D eigenvalue weighted by atomic mass is 16.3. The molecule has 0 radical (unpaired) electrons. The van der Waals surface area contributed by atoms with E-state index in [1.165, 1.54) is 6.42 Å². The van der Waals surface area contributed by atoms with E-state index in [1.807, 2.05) is 0 Å². The largest absolute Gasteiger partial charge is 0.396 e. The van der Waals surface area contributed by atoms with Crippen LogP contribution in [0.2, 0.25) is 0 Å². The molecule has 1 rings (SSSR count). The summed E-state index contributed by atoms with van der Waals surface area (Å²) in [6.07, 6.45) is 6.24. The van der Waals surface area contributed by atoms with Crippen LogP contribution in [0, 0.1) is 11.3 Å². The van der Waals surface area contributed by atoms with Crippen molar-refractivity contribution in [1.82, 2.24) is 5.32 Å². The Kier molecular flexibility index (Phi) is 6.45. The smallest absolute Gasteiger partial charge is 0.0543 e. The van der Waals surface area contributed by atoms with Gasteiger partial charge in [0.05, 0.1) is 6.10 Å². The molecule has 1 aliphatic carbocycles. The van der Waals surface area contributed by atoms with E-state index < -0.39 is 0 Å². The monoisotopic (exact) mass is 243 g/mol. The molecule has 0 aromatic rings. The maximum Gasteiger partial charge on any atom is 0.0543 e. The molecular weight excluding hydrogens is 214 g/mol. The number of hydrogen-bond donors (Lipinski definition) is 3. The van der Waals surface area contributed by atoms with Crippen molar-refractivity contribution in [2.24, 2.45) is 11.3 Å². The van der Waals surface area contributed by atoms with Gasteiger partial charge in [0.2, 0.25) is 0 Å². The van der Waals surface area contributed by atoms with Crippen molar-refractivity contribution in [2.75, 3.05) is 19.7 Å². The van der Waals surface area contributed by atoms with Crippen LogP contribution < -0.4 is 5.32 Å². The van der Waals surface area contributed by atoms with Crippen LogP contribution in [0.15, 0.2) is 0 Å². The standard InChI is InChI=1S/C14H29NO2/c1-3-14(4-2,11-16)10-15-9-12-6-5-7-13(17)8-12/h12-13,15-17H,3-11H2,1-2H3. The lowest BCUT2D eigenvalue weighted by molar-refractivity contribution is 0.0910. The van der Waals surface area contributed by atoms with Crippen molar-refractivity contribution in [3.8, 4) is 0 Å². The van der Waals surface area contributed by atoms with Gasteiger partial charge in [-0.2, -0.15) is 0 Å². The molecule has 0 aliphatic heterocycles. The quantitative estimate of drug-likeness (QED) is 0.640. The van der Waals surface area contributed by atoms with E-state index in [0.29, 0.717) is 5.92 Å². The molecular formula is C14H29NO2. The fraction of sp³-hybridized carbons (Fsp3) is 1.00. The first-order chi connectivity index (χ1) is 8.15. The molecule has 3 N–H and O–H groups in total. The van der Waals surface area contributed by atoms with Gasteiger partial charge in [0.25, 0.3) is 0 Å². The van der Waals surface area contributed by atoms with Gasteiger partial charge in [-0.1, -0.05) is 20.3 Å². The van der Waals surface area contributed by atoms with Crippen molar-refractivity contribution in [3.05, 3.63) is 0 Å². The maximum absolute atomic E-state index is 9.61. The van der Waals surface area contributed by atoms with Crippen molar-refractivity contribution in [3.63, 3.8) is 0 Å². The highest BCUT2D eigenvalue weighted by Crippen LogP contribution is 2.26. The second-order valence-electron chi connectivity index (χ2n) is 5.68. The third-order valence-electron chi connectivity index (χ3n) is 4.52. The summed E-state index contributed by atoms with van der Waals surface area (Å²) in [5.41, 5.74) is 0.0489. The highest BCUT2D eigenvalue weighted by molar-refractivity contribution is 4.80. The van der Waals surface area contributed by atoms with E-state index in [1.54, 1.807) is 0 Å². The van der Waals surface area contributed by atoms with Crippen LogP contribution in [-0.2, 0) is 0 Å². The molecule has 1 saturated carbocycles. The van der Waals surface area contributed by atoms with Gasteiger partial charge in [0.15, 0.2) is 0 Å². The van der Waals surface area contributed by atoms with Crippen LogP contribution in [0.4, 0.5) is 0 Å². The zero-order valence-corrected chi connectivity index (χ0v) is 11.4. The zero-order valence-electron chi connectivity index (χ0n) is 11.4. The van der Waals surface area contributed by atoms with Gasteiger partial charge in [-0.3, -0.25) is 0 Å². The molecule has 3 nitrogen and oxygen atoms in total. The summed E-state index contributed by atoms with van der Waals surface area (Å²) in [4.78, 5) is 0. The minimum Gasteiger partial charge on any atom is -0.396 e. The fourth-order valence-corrected chi connectivity index (χ4v) is 2.77. The van der Waals surface area contributed by atoms with Gasteiger partial charge in [-0.05, 0) is 44.6 Å². The third kappa shape index (κ3) is 4.57. The minimum atomic E-state index is -0.0875. The molecule has 17 heavy (non-hydrogen) atoms. The summed E-state index contributed by atoms with van der Waals surface area (Å²) in [5, 5.41) is 22.6. The van der Waals surface area contributed by atoms with Crippen molar-refractivity contribution in [2.45, 2.75) is 58.5 Å². The summed E-state index contributed by atoms with van der Waals surface area (Å²) in [6.45, 7) is 6.43. The van der Waals surface area contributed by atoms with Gasteiger partial charge in [0.1, 0.15) is 0 Å². The maximum atomic E-state index is 9.61. The summed E-state index contributed by atoms with van der Waals surface area (Å²) >= 11 is 0. The topological polar surface area (TPSA) is 52.5 Å². The van der Waals surface area contributed by atoms with Crippen LogP contribution in [0.1, 0.15) is 52.4 Å². The van der Waals surface area contributed by atoms with E-state index in [4.69, 9.17) is 0 Å². The lowest BCUT2D eigenvalue weighted by Crippen LogP contribution is -2.39. The second-order valence-corrected chi connectivity index (χ2v) is 5.68. The van der Waals surface area contributed by atoms with Crippen LogP contribution >= 0.6 is 0 Å². The Balaban J connectivity index is 2.26. The Morgan fingerprint density at radius 1 is 1.24 bits per heavy atom. The van der Waals surface area contributed by atoms with Crippen LogP contribution in [0.5, 0.6) is 0 Å². The molecule has 0 spiro atoms. The molecule has 102 valence electrons. The molecule has 0 aromatic heterocycles. The zero-order chi connectivity index (χ0) is 12.7. The Morgan fingerprint density at radius 2 is 1.94 bits per heavy atom. The summed E-state index contributed by atoms with van der Waals surface area (Å²) < 4.78 is 0. The average Bonchev–Trinajstić information content (AvgIpc) is 2.35. The Labute approximate surface area is 106 Å². The van der Waals surface area contributed by atoms with Gasteiger partial charge >= 0.3 is 0 Å². The Morgan fingerprint density at radius 3 is 2.47 bits per heavy atom. The van der Waals surface area contributed by atoms with Crippen LogP contribution in [0.3, 0.4) is 0 Å². The number of aliphatic hydroxyl groups excluding tert-OH is 2. The van der Waals surface area contributed by atoms with Gasteiger partial charge < -0.3 is 15.5 Å². The first kappa shape index (κ1) is 14.9. The van der Waals surface area contributed by atoms with Crippen molar-refractivity contribution in [1.29, 1.82) is 0 Å². The molecule has 2 atom stereocenters. The number of rotatable bonds is 7. The lowest BCUT2D eigenvalue weighted by atomic mass is 9.82. The SMILES string of the molecule is CCC(CC)(CO)CNCC1CCCC(O)C1. The van der Waals surface area contributed by atoms with Crippen molar-refractivity contribution >= 4 is 0 Å². The molecule has 0 bridgehead atoms. The van der Waals surface area contributed by atoms with Gasteiger partial charge in [-0.15, -0.1) is 0 Å². The normalized spacial score (nSPS) is 26.1. The predicted molar refractivity (Wildman–Crippen MR) is 70.9 cm³/mol. The first-order valence-electron chi connectivity index (χ1n) is 7.15. The minimum absolute atomic E-state index is 0.0489. The molecule has 0 saturated heterocycles. The molecule has 0 amide bonds. The average molecular weight is 243 g/mol. The highest BCUT2D eigenvalue weighted by Gasteiger charge is 2.26.